The third-order valence-corrected chi connectivity index (χ3v) is 5.36. The van der Waals surface area contributed by atoms with Gasteiger partial charge in [0, 0.05) is 6.54 Å². The van der Waals surface area contributed by atoms with Crippen molar-refractivity contribution in [3.05, 3.63) is 29.6 Å². The van der Waals surface area contributed by atoms with Gasteiger partial charge in [-0.3, -0.25) is 4.79 Å². The molecule has 4 rings (SSSR count). The van der Waals surface area contributed by atoms with E-state index in [9.17, 15) is 19.1 Å². The molecule has 3 aliphatic rings. The number of thioether (sulfide) groups is 1. The van der Waals surface area contributed by atoms with E-state index in [-0.39, 0.29) is 21.8 Å². The summed E-state index contributed by atoms with van der Waals surface area (Å²) in [4.78, 5) is 26.0. The van der Waals surface area contributed by atoms with Crippen molar-refractivity contribution in [2.75, 3.05) is 12.8 Å². The zero-order valence-corrected chi connectivity index (χ0v) is 12.7. The minimum atomic E-state index is -1.10. The van der Waals surface area contributed by atoms with Gasteiger partial charge in [-0.2, -0.15) is 0 Å². The lowest BCUT2D eigenvalue weighted by Crippen LogP contribution is -2.56. The van der Waals surface area contributed by atoms with Crippen molar-refractivity contribution in [2.24, 2.45) is 5.41 Å². The van der Waals surface area contributed by atoms with Crippen LogP contribution in [0.5, 0.6) is 0 Å². The summed E-state index contributed by atoms with van der Waals surface area (Å²) in [6.45, 7) is 2.41. The summed E-state index contributed by atoms with van der Waals surface area (Å²) in [5, 5.41) is 9.50. The van der Waals surface area contributed by atoms with Crippen molar-refractivity contribution in [1.82, 2.24) is 4.90 Å². The van der Waals surface area contributed by atoms with Crippen LogP contribution in [0.1, 0.15) is 30.1 Å². The number of carbonyl (C=O) groups excluding carboxylic acids is 1. The van der Waals surface area contributed by atoms with Crippen molar-refractivity contribution < 1.29 is 19.1 Å². The molecule has 1 saturated carbocycles. The predicted molar refractivity (Wildman–Crippen MR) is 76.9 cm³/mol. The summed E-state index contributed by atoms with van der Waals surface area (Å²) in [6, 6.07) is 4.35. The second-order valence-electron chi connectivity index (χ2n) is 6.21. The number of carboxylic acids is 1. The molecule has 0 aromatic heterocycles. The van der Waals surface area contributed by atoms with E-state index < -0.39 is 17.3 Å². The van der Waals surface area contributed by atoms with Crippen LogP contribution in [-0.2, 0) is 4.79 Å². The van der Waals surface area contributed by atoms with E-state index in [1.54, 1.807) is 12.3 Å². The lowest BCUT2D eigenvalue weighted by molar-refractivity contribution is -0.153. The van der Waals surface area contributed by atoms with E-state index >= 15 is 0 Å². The highest BCUT2D eigenvalue weighted by atomic mass is 32.2. The zero-order valence-electron chi connectivity index (χ0n) is 11.9. The summed E-state index contributed by atoms with van der Waals surface area (Å²) >= 11 is 1.16. The molecule has 1 aromatic rings. The van der Waals surface area contributed by atoms with Crippen LogP contribution in [0.2, 0.25) is 0 Å². The average molecular weight is 309 g/mol. The Morgan fingerprint density at radius 2 is 2.05 bits per heavy atom. The van der Waals surface area contributed by atoms with Gasteiger partial charge in [0.15, 0.2) is 0 Å². The van der Waals surface area contributed by atoms with Gasteiger partial charge in [0.05, 0.1) is 10.5 Å². The third kappa shape index (κ3) is 1.88. The Morgan fingerprint density at radius 3 is 2.62 bits per heavy atom. The number of carboxylic acid groups (broad SMARTS) is 1. The molecule has 0 atom stereocenters. The Hall–Kier alpha value is -1.56. The number of nitrogens with zero attached hydrogens (tertiary/aromatic N) is 1. The van der Waals surface area contributed by atoms with Crippen molar-refractivity contribution in [2.45, 2.75) is 30.2 Å². The van der Waals surface area contributed by atoms with Crippen LogP contribution in [0.15, 0.2) is 23.1 Å². The van der Waals surface area contributed by atoms with Crippen LogP contribution in [0, 0.1) is 11.2 Å². The number of fused-ring (bicyclic) bond motifs is 1. The summed E-state index contributed by atoms with van der Waals surface area (Å²) in [5.41, 5.74) is -0.978. The minimum Gasteiger partial charge on any atom is -0.479 e. The zero-order chi connectivity index (χ0) is 15.4. The highest BCUT2D eigenvalue weighted by Gasteiger charge is 2.68. The van der Waals surface area contributed by atoms with Crippen molar-refractivity contribution in [3.8, 4) is 0 Å². The molecule has 2 heterocycles. The van der Waals surface area contributed by atoms with Gasteiger partial charge in [-0.05, 0) is 36.6 Å². The molecule has 1 N–H and O–H groups in total. The maximum Gasteiger partial charge on any atom is 0.329 e. The number of carbonyl (C=O) groups is 2. The largest absolute Gasteiger partial charge is 0.479 e. The Bertz CT molecular complexity index is 640. The monoisotopic (exact) mass is 309 g/mol. The molecule has 0 unspecified atom stereocenters. The van der Waals surface area contributed by atoms with Crippen LogP contribution in [0.25, 0.3) is 0 Å². The molecule has 1 aliphatic carbocycles. The number of aliphatic carboxylic acids is 1. The second-order valence-corrected chi connectivity index (χ2v) is 7.03. The number of hydrogen-bond donors (Lipinski definition) is 1. The van der Waals surface area contributed by atoms with Crippen molar-refractivity contribution >= 4 is 23.6 Å². The summed E-state index contributed by atoms with van der Waals surface area (Å²) in [5.74, 6) is -1.80. The first-order valence-electron chi connectivity index (χ1n) is 6.71. The fourth-order valence-electron chi connectivity index (χ4n) is 3.76. The molecule has 4 nitrogen and oxygen atoms in total. The van der Waals surface area contributed by atoms with Crippen molar-refractivity contribution in [3.63, 3.8) is 0 Å². The number of rotatable bonds is 3. The number of hydrogen-bond acceptors (Lipinski definition) is 3. The molecular formula is C15H16FNO3S. The van der Waals surface area contributed by atoms with Crippen LogP contribution in [-0.4, -0.2) is 40.2 Å². The Kier molecular flexibility index (Phi) is 3.06. The molecule has 112 valence electrons. The standard InChI is InChI=1S/C15H16FNO3S/c1-14-6-15(7-14,13(19)20)17(8-14)12(18)9-4-3-5-10(16)11(9)21-2/h3-5H,6-8H2,1-2H3,(H,19,20). The molecule has 2 saturated heterocycles. The van der Waals surface area contributed by atoms with Crippen LogP contribution in [0.3, 0.4) is 0 Å². The first kappa shape index (κ1) is 14.4. The second kappa shape index (κ2) is 4.47. The van der Waals surface area contributed by atoms with Gasteiger partial charge < -0.3 is 10.0 Å². The first-order chi connectivity index (χ1) is 9.83. The van der Waals surface area contributed by atoms with E-state index in [1.807, 2.05) is 6.92 Å². The summed E-state index contributed by atoms with van der Waals surface area (Å²) in [6.07, 6.45) is 2.66. The smallest absolute Gasteiger partial charge is 0.329 e. The molecule has 3 fully saturated rings. The van der Waals surface area contributed by atoms with Crippen LogP contribution in [0.4, 0.5) is 4.39 Å². The lowest BCUT2D eigenvalue weighted by Gasteiger charge is -2.42. The van der Waals surface area contributed by atoms with Crippen LogP contribution < -0.4 is 0 Å². The normalized spacial score (nSPS) is 30.1. The fraction of sp³-hybridized carbons (Fsp3) is 0.467. The number of amides is 1. The molecule has 0 spiro atoms. The molecule has 6 heteroatoms. The van der Waals surface area contributed by atoms with Gasteiger partial charge >= 0.3 is 5.97 Å². The van der Waals surface area contributed by atoms with Gasteiger partial charge in [-0.15, -0.1) is 11.8 Å². The van der Waals surface area contributed by atoms with Gasteiger partial charge in [-0.1, -0.05) is 13.0 Å². The SMILES string of the molecule is CSc1c(F)cccc1C(=O)N1CC2(C)CC1(C(=O)O)C2. The third-order valence-electron chi connectivity index (χ3n) is 4.54. The maximum atomic E-state index is 13.8. The van der Waals surface area contributed by atoms with E-state index in [4.69, 9.17) is 0 Å². The molecule has 0 radical (unpaired) electrons. The van der Waals surface area contributed by atoms with E-state index in [0.29, 0.717) is 19.4 Å². The highest BCUT2D eigenvalue weighted by Crippen LogP contribution is 2.59. The van der Waals surface area contributed by atoms with E-state index in [0.717, 1.165) is 11.8 Å². The quantitative estimate of drug-likeness (QED) is 0.872. The van der Waals surface area contributed by atoms with Crippen molar-refractivity contribution in [1.29, 1.82) is 0 Å². The molecule has 2 aliphatic heterocycles. The number of halogens is 1. The Morgan fingerprint density at radius 1 is 1.38 bits per heavy atom. The van der Waals surface area contributed by atoms with E-state index in [2.05, 4.69) is 0 Å². The Balaban J connectivity index is 2.00. The average Bonchev–Trinajstić information content (AvgIpc) is 2.87. The summed E-state index contributed by atoms with van der Waals surface area (Å²) < 4.78 is 13.8. The van der Waals surface area contributed by atoms with E-state index in [1.165, 1.54) is 17.0 Å². The Labute approximate surface area is 126 Å². The van der Waals surface area contributed by atoms with Crippen LogP contribution >= 0.6 is 11.8 Å². The summed E-state index contributed by atoms with van der Waals surface area (Å²) in [7, 11) is 0. The van der Waals surface area contributed by atoms with Gasteiger partial charge in [0.25, 0.3) is 5.91 Å². The molecule has 1 amide bonds. The fourth-order valence-corrected chi connectivity index (χ4v) is 4.40. The first-order valence-corrected chi connectivity index (χ1v) is 7.93. The van der Waals surface area contributed by atoms with Gasteiger partial charge in [-0.25, -0.2) is 9.18 Å². The van der Waals surface area contributed by atoms with Gasteiger partial charge in [0.1, 0.15) is 11.4 Å². The highest BCUT2D eigenvalue weighted by molar-refractivity contribution is 7.98. The number of benzene rings is 1. The minimum absolute atomic E-state index is 0.124. The molecule has 2 bridgehead atoms. The van der Waals surface area contributed by atoms with Gasteiger partial charge in [0.2, 0.25) is 0 Å². The lowest BCUT2D eigenvalue weighted by atomic mass is 9.63. The predicted octanol–water partition coefficient (Wildman–Crippen LogP) is 2.63. The maximum absolute atomic E-state index is 13.8. The molecule has 21 heavy (non-hydrogen) atoms. The topological polar surface area (TPSA) is 57.6 Å². The molecule has 1 aromatic carbocycles. The molecular weight excluding hydrogens is 293 g/mol.